The number of phenolic OH excluding ortho intramolecular Hbond substituents is 1. The summed E-state index contributed by atoms with van der Waals surface area (Å²) in [6.07, 6.45) is 1.00. The fourth-order valence-corrected chi connectivity index (χ4v) is 3.79. The van der Waals surface area contributed by atoms with Crippen LogP contribution in [0.25, 0.3) is 0 Å². The molecule has 0 aromatic heterocycles. The monoisotopic (exact) mass is 381 g/mol. The molecule has 2 aromatic rings. The Balaban J connectivity index is 1.48. The van der Waals surface area contributed by atoms with Crippen molar-refractivity contribution in [3.05, 3.63) is 60.2 Å². The first-order chi connectivity index (χ1) is 13.6. The highest BCUT2D eigenvalue weighted by Gasteiger charge is 2.26. The molecule has 2 atom stereocenters. The zero-order chi connectivity index (χ0) is 19.9. The Hall–Kier alpha value is -2.53. The highest BCUT2D eigenvalue weighted by atomic mass is 16.3. The van der Waals surface area contributed by atoms with E-state index in [0.717, 1.165) is 38.3 Å². The second kappa shape index (κ2) is 9.60. The molecule has 1 amide bonds. The molecule has 1 saturated heterocycles. The summed E-state index contributed by atoms with van der Waals surface area (Å²) < 4.78 is 0. The molecule has 2 N–H and O–H groups in total. The topological polar surface area (TPSA) is 55.8 Å². The summed E-state index contributed by atoms with van der Waals surface area (Å²) in [5.74, 6) is 0.740. The number of hydrogen-bond donors (Lipinski definition) is 2. The van der Waals surface area contributed by atoms with Gasteiger partial charge in [-0.2, -0.15) is 0 Å². The molecule has 0 saturated carbocycles. The van der Waals surface area contributed by atoms with E-state index in [4.69, 9.17) is 0 Å². The van der Waals surface area contributed by atoms with Crippen LogP contribution in [0, 0.1) is 0 Å². The summed E-state index contributed by atoms with van der Waals surface area (Å²) in [6.45, 7) is 8.30. The minimum Gasteiger partial charge on any atom is -0.508 e. The number of phenols is 1. The first kappa shape index (κ1) is 20.2. The lowest BCUT2D eigenvalue weighted by molar-refractivity contribution is -0.126. The number of benzene rings is 2. The maximum Gasteiger partial charge on any atom is 0.237 e. The van der Waals surface area contributed by atoms with Crippen LogP contribution in [0.2, 0.25) is 0 Å². The van der Waals surface area contributed by atoms with Gasteiger partial charge in [0.05, 0.1) is 6.04 Å². The van der Waals surface area contributed by atoms with Gasteiger partial charge < -0.3 is 15.3 Å². The Labute approximate surface area is 168 Å². The quantitative estimate of drug-likeness (QED) is 0.773. The summed E-state index contributed by atoms with van der Waals surface area (Å²) in [5, 5.41) is 12.6. The summed E-state index contributed by atoms with van der Waals surface area (Å²) in [6, 6.07) is 17.6. The second-order valence-electron chi connectivity index (χ2n) is 7.48. The van der Waals surface area contributed by atoms with Gasteiger partial charge in [0.15, 0.2) is 0 Å². The van der Waals surface area contributed by atoms with Gasteiger partial charge in [0.1, 0.15) is 5.75 Å². The molecule has 2 aromatic carbocycles. The third-order valence-corrected chi connectivity index (χ3v) is 5.74. The van der Waals surface area contributed by atoms with E-state index in [1.807, 2.05) is 25.1 Å². The van der Waals surface area contributed by atoms with Crippen molar-refractivity contribution in [2.45, 2.75) is 32.2 Å². The molecular formula is C23H31N3O2. The van der Waals surface area contributed by atoms with Gasteiger partial charge in [-0.3, -0.25) is 9.69 Å². The molecule has 1 heterocycles. The lowest BCUT2D eigenvalue weighted by Crippen LogP contribution is -2.54. The van der Waals surface area contributed by atoms with Crippen LogP contribution in [0.3, 0.4) is 0 Å². The van der Waals surface area contributed by atoms with Crippen molar-refractivity contribution in [2.75, 3.05) is 37.6 Å². The minimum absolute atomic E-state index is 0.104. The first-order valence-corrected chi connectivity index (χ1v) is 10.2. The van der Waals surface area contributed by atoms with E-state index in [9.17, 15) is 9.90 Å². The third kappa shape index (κ3) is 5.04. The van der Waals surface area contributed by atoms with Crippen molar-refractivity contribution in [2.24, 2.45) is 0 Å². The molecule has 5 nitrogen and oxygen atoms in total. The largest absolute Gasteiger partial charge is 0.508 e. The van der Waals surface area contributed by atoms with Crippen molar-refractivity contribution in [1.29, 1.82) is 0 Å². The van der Waals surface area contributed by atoms with E-state index in [1.54, 1.807) is 12.1 Å². The summed E-state index contributed by atoms with van der Waals surface area (Å²) >= 11 is 0. The molecule has 0 bridgehead atoms. The van der Waals surface area contributed by atoms with Crippen molar-refractivity contribution >= 4 is 11.6 Å². The maximum atomic E-state index is 12.7. The molecule has 1 fully saturated rings. The molecule has 0 unspecified atom stereocenters. The van der Waals surface area contributed by atoms with E-state index in [0.29, 0.717) is 12.5 Å². The van der Waals surface area contributed by atoms with Crippen LogP contribution in [-0.4, -0.2) is 54.7 Å². The number of amides is 1. The molecule has 3 rings (SSSR count). The van der Waals surface area contributed by atoms with Crippen molar-refractivity contribution < 1.29 is 9.90 Å². The van der Waals surface area contributed by atoms with Gasteiger partial charge in [0, 0.05) is 44.3 Å². The predicted octanol–water partition coefficient (Wildman–Crippen LogP) is 3.21. The Kier molecular flexibility index (Phi) is 6.93. The van der Waals surface area contributed by atoms with Gasteiger partial charge >= 0.3 is 0 Å². The first-order valence-electron chi connectivity index (χ1n) is 10.2. The normalized spacial score (nSPS) is 17.1. The van der Waals surface area contributed by atoms with Gasteiger partial charge in [-0.05, 0) is 43.2 Å². The molecule has 0 spiro atoms. The molecule has 150 valence electrons. The van der Waals surface area contributed by atoms with E-state index < -0.39 is 0 Å². The van der Waals surface area contributed by atoms with Crippen LogP contribution in [0.5, 0.6) is 5.75 Å². The number of anilines is 1. The zero-order valence-corrected chi connectivity index (χ0v) is 16.8. The summed E-state index contributed by atoms with van der Waals surface area (Å²) in [5.41, 5.74) is 2.39. The fraction of sp³-hybridized carbons (Fsp3) is 0.435. The lowest BCUT2D eigenvalue weighted by Gasteiger charge is -2.38. The SMILES string of the molecule is CC[C@H](CNC(=O)[C@H](C)N1CCN(c2ccc(O)cc2)CC1)c1ccccc1. The van der Waals surface area contributed by atoms with Crippen molar-refractivity contribution in [3.63, 3.8) is 0 Å². The van der Waals surface area contributed by atoms with Crippen molar-refractivity contribution in [1.82, 2.24) is 10.2 Å². The van der Waals surface area contributed by atoms with Gasteiger partial charge in [0.2, 0.25) is 5.91 Å². The zero-order valence-electron chi connectivity index (χ0n) is 16.8. The molecule has 28 heavy (non-hydrogen) atoms. The van der Waals surface area contributed by atoms with Gasteiger partial charge in [0.25, 0.3) is 0 Å². The second-order valence-corrected chi connectivity index (χ2v) is 7.48. The van der Waals surface area contributed by atoms with E-state index in [-0.39, 0.29) is 17.7 Å². The molecule has 0 radical (unpaired) electrons. The maximum absolute atomic E-state index is 12.7. The molecule has 0 aliphatic carbocycles. The smallest absolute Gasteiger partial charge is 0.237 e. The Bertz CT molecular complexity index is 740. The van der Waals surface area contributed by atoms with Crippen molar-refractivity contribution in [3.8, 4) is 5.75 Å². The summed E-state index contributed by atoms with van der Waals surface area (Å²) in [4.78, 5) is 17.2. The number of nitrogens with one attached hydrogen (secondary N) is 1. The van der Waals surface area contributed by atoms with Gasteiger partial charge in [-0.15, -0.1) is 0 Å². The standard InChI is InChI=1S/C23H31N3O2/c1-3-19(20-7-5-4-6-8-20)17-24-23(28)18(2)25-13-15-26(16-14-25)21-9-11-22(27)12-10-21/h4-12,18-19,27H,3,13-17H2,1-2H3,(H,24,28)/t18-,19+/m0/s1. The number of nitrogens with zero attached hydrogens (tertiary/aromatic N) is 2. The van der Waals surface area contributed by atoms with E-state index >= 15 is 0 Å². The third-order valence-electron chi connectivity index (χ3n) is 5.74. The van der Waals surface area contributed by atoms with E-state index in [2.05, 4.69) is 46.3 Å². The lowest BCUT2D eigenvalue weighted by atomic mass is 9.96. The number of rotatable bonds is 7. The van der Waals surface area contributed by atoms with E-state index in [1.165, 1.54) is 5.56 Å². The highest BCUT2D eigenvalue weighted by molar-refractivity contribution is 5.81. The van der Waals surface area contributed by atoms with Gasteiger partial charge in [-0.1, -0.05) is 37.3 Å². The van der Waals surface area contributed by atoms with Crippen LogP contribution >= 0.6 is 0 Å². The number of carbonyl (C=O) groups is 1. The van der Waals surface area contributed by atoms with Crippen LogP contribution in [0.4, 0.5) is 5.69 Å². The molecule has 5 heteroatoms. The average molecular weight is 382 g/mol. The van der Waals surface area contributed by atoms with Crippen LogP contribution < -0.4 is 10.2 Å². The molecule has 1 aliphatic rings. The Morgan fingerprint density at radius 1 is 1.04 bits per heavy atom. The van der Waals surface area contributed by atoms with Gasteiger partial charge in [-0.25, -0.2) is 0 Å². The molecule has 1 aliphatic heterocycles. The number of hydrogen-bond acceptors (Lipinski definition) is 4. The molecular weight excluding hydrogens is 350 g/mol. The van der Waals surface area contributed by atoms with Crippen LogP contribution in [0.1, 0.15) is 31.7 Å². The average Bonchev–Trinajstić information content (AvgIpc) is 2.75. The minimum atomic E-state index is -0.129. The predicted molar refractivity (Wildman–Crippen MR) is 114 cm³/mol. The van der Waals surface area contributed by atoms with Crippen LogP contribution in [-0.2, 0) is 4.79 Å². The number of carbonyl (C=O) groups excluding carboxylic acids is 1. The van der Waals surface area contributed by atoms with Crippen LogP contribution in [0.15, 0.2) is 54.6 Å². The Morgan fingerprint density at radius 3 is 2.29 bits per heavy atom. The Morgan fingerprint density at radius 2 is 1.68 bits per heavy atom. The summed E-state index contributed by atoms with van der Waals surface area (Å²) in [7, 11) is 0. The number of piperazine rings is 1. The fourth-order valence-electron chi connectivity index (χ4n) is 3.79. The highest BCUT2D eigenvalue weighted by Crippen LogP contribution is 2.21. The number of aromatic hydroxyl groups is 1.